The molecule has 0 atom stereocenters. The Morgan fingerprint density at radius 1 is 1.32 bits per heavy atom. The summed E-state index contributed by atoms with van der Waals surface area (Å²) in [6.45, 7) is 6.27. The topological polar surface area (TPSA) is 54.0 Å². The minimum absolute atomic E-state index is 0.0272. The molecule has 2 N–H and O–H groups in total. The van der Waals surface area contributed by atoms with Crippen molar-refractivity contribution in [3.05, 3.63) is 24.0 Å². The van der Waals surface area contributed by atoms with Crippen molar-refractivity contribution in [2.75, 3.05) is 5.32 Å². The lowest BCUT2D eigenvalue weighted by atomic mass is 10.1. The number of carbonyl (C=O) groups excluding carboxylic acids is 1. The lowest BCUT2D eigenvalue weighted by Gasteiger charge is -2.22. The van der Waals surface area contributed by atoms with Gasteiger partial charge in [0.15, 0.2) is 0 Å². The first kappa shape index (κ1) is 13.8. The van der Waals surface area contributed by atoms with E-state index >= 15 is 0 Å². The van der Waals surface area contributed by atoms with E-state index in [1.54, 1.807) is 6.20 Å². The number of amides is 1. The molecule has 0 aromatic carbocycles. The summed E-state index contributed by atoms with van der Waals surface area (Å²) >= 11 is 0. The zero-order chi connectivity index (χ0) is 13.9. The molecule has 1 aliphatic rings. The third-order valence-corrected chi connectivity index (χ3v) is 3.20. The van der Waals surface area contributed by atoms with Crippen LogP contribution in [-0.2, 0) is 0 Å². The smallest absolute Gasteiger partial charge is 0.270 e. The second-order valence-corrected chi connectivity index (χ2v) is 6.26. The maximum atomic E-state index is 12.1. The molecule has 0 unspecified atom stereocenters. The van der Waals surface area contributed by atoms with E-state index in [1.165, 1.54) is 12.8 Å². The fraction of sp³-hybridized carbons (Fsp3) is 0.600. The Balaban J connectivity index is 2.03. The molecule has 1 fully saturated rings. The van der Waals surface area contributed by atoms with Crippen LogP contribution < -0.4 is 10.6 Å². The van der Waals surface area contributed by atoms with Gasteiger partial charge in [-0.25, -0.2) is 0 Å². The number of carbonyl (C=O) groups is 1. The van der Waals surface area contributed by atoms with Crippen molar-refractivity contribution in [1.29, 1.82) is 0 Å². The molecule has 4 nitrogen and oxygen atoms in total. The van der Waals surface area contributed by atoms with Crippen LogP contribution in [-0.4, -0.2) is 22.5 Å². The third-order valence-electron chi connectivity index (χ3n) is 3.20. The van der Waals surface area contributed by atoms with Crippen LogP contribution in [0.2, 0.25) is 0 Å². The van der Waals surface area contributed by atoms with Crippen LogP contribution in [0.4, 0.5) is 5.69 Å². The molecule has 1 saturated carbocycles. The second-order valence-electron chi connectivity index (χ2n) is 6.26. The molecule has 1 aromatic heterocycles. The fourth-order valence-corrected chi connectivity index (χ4v) is 2.39. The summed E-state index contributed by atoms with van der Waals surface area (Å²) in [6.07, 6.45) is 6.28. The Morgan fingerprint density at radius 2 is 2.00 bits per heavy atom. The molecular weight excluding hydrogens is 238 g/mol. The summed E-state index contributed by atoms with van der Waals surface area (Å²) in [5.41, 5.74) is 1.39. The number of nitrogens with one attached hydrogen (secondary N) is 2. The van der Waals surface area contributed by atoms with Crippen molar-refractivity contribution in [3.8, 4) is 0 Å². The highest BCUT2D eigenvalue weighted by atomic mass is 16.1. The van der Waals surface area contributed by atoms with Crippen molar-refractivity contribution in [2.24, 2.45) is 0 Å². The van der Waals surface area contributed by atoms with Gasteiger partial charge in [0, 0.05) is 23.5 Å². The van der Waals surface area contributed by atoms with Crippen LogP contribution >= 0.6 is 0 Å². The van der Waals surface area contributed by atoms with E-state index in [2.05, 4.69) is 36.4 Å². The van der Waals surface area contributed by atoms with Gasteiger partial charge in [0.2, 0.25) is 0 Å². The van der Waals surface area contributed by atoms with Gasteiger partial charge in [0.05, 0.1) is 0 Å². The number of anilines is 1. The van der Waals surface area contributed by atoms with Gasteiger partial charge >= 0.3 is 0 Å². The molecule has 0 bridgehead atoms. The molecule has 0 radical (unpaired) electrons. The van der Waals surface area contributed by atoms with Crippen LogP contribution in [0.25, 0.3) is 0 Å². The molecule has 1 aromatic rings. The molecule has 0 saturated heterocycles. The van der Waals surface area contributed by atoms with E-state index in [9.17, 15) is 4.79 Å². The number of hydrogen-bond donors (Lipinski definition) is 2. The van der Waals surface area contributed by atoms with Crippen molar-refractivity contribution >= 4 is 11.6 Å². The second kappa shape index (κ2) is 5.59. The number of hydrogen-bond acceptors (Lipinski definition) is 3. The number of aromatic nitrogens is 1. The Bertz CT molecular complexity index is 445. The molecular formula is C15H23N3O. The molecule has 4 heteroatoms. The predicted octanol–water partition coefficient (Wildman–Crippen LogP) is 2.96. The molecule has 0 aliphatic heterocycles. The molecule has 1 aliphatic carbocycles. The largest absolute Gasteiger partial charge is 0.380 e. The highest BCUT2D eigenvalue weighted by molar-refractivity contribution is 5.93. The van der Waals surface area contributed by atoms with Crippen LogP contribution in [0.1, 0.15) is 56.9 Å². The minimum atomic E-state index is -0.0653. The lowest BCUT2D eigenvalue weighted by molar-refractivity contribution is 0.0933. The van der Waals surface area contributed by atoms with Crippen LogP contribution in [0.15, 0.2) is 18.3 Å². The Hall–Kier alpha value is -1.58. The molecule has 104 valence electrons. The molecule has 0 spiro atoms. The van der Waals surface area contributed by atoms with E-state index in [-0.39, 0.29) is 11.4 Å². The predicted molar refractivity (Wildman–Crippen MR) is 77.3 cm³/mol. The first-order valence-corrected chi connectivity index (χ1v) is 6.99. The summed E-state index contributed by atoms with van der Waals surface area (Å²) in [5, 5.41) is 6.41. The molecule has 1 heterocycles. The first-order valence-electron chi connectivity index (χ1n) is 6.99. The lowest BCUT2D eigenvalue weighted by Crippen LogP contribution is -2.33. The summed E-state index contributed by atoms with van der Waals surface area (Å²) < 4.78 is 0. The van der Waals surface area contributed by atoms with Gasteiger partial charge in [-0.15, -0.1) is 0 Å². The summed E-state index contributed by atoms with van der Waals surface area (Å²) in [4.78, 5) is 16.3. The van der Waals surface area contributed by atoms with Crippen LogP contribution in [0.5, 0.6) is 0 Å². The van der Waals surface area contributed by atoms with Crippen LogP contribution in [0.3, 0.4) is 0 Å². The van der Waals surface area contributed by atoms with Crippen molar-refractivity contribution in [2.45, 2.75) is 58.0 Å². The van der Waals surface area contributed by atoms with E-state index in [1.807, 2.05) is 12.1 Å². The van der Waals surface area contributed by atoms with E-state index < -0.39 is 0 Å². The SMILES string of the molecule is CC(C)(C)Nc1ccnc(C(=O)NC2CCCC2)c1. The molecule has 19 heavy (non-hydrogen) atoms. The van der Waals surface area contributed by atoms with Gasteiger partial charge in [-0.2, -0.15) is 0 Å². The number of nitrogens with zero attached hydrogens (tertiary/aromatic N) is 1. The van der Waals surface area contributed by atoms with E-state index in [0.717, 1.165) is 18.5 Å². The van der Waals surface area contributed by atoms with Crippen molar-refractivity contribution in [1.82, 2.24) is 10.3 Å². The van der Waals surface area contributed by atoms with Gasteiger partial charge in [0.25, 0.3) is 5.91 Å². The Labute approximate surface area is 115 Å². The maximum absolute atomic E-state index is 12.1. The van der Waals surface area contributed by atoms with E-state index in [4.69, 9.17) is 0 Å². The summed E-state index contributed by atoms with van der Waals surface area (Å²) in [6, 6.07) is 4.03. The zero-order valence-corrected chi connectivity index (χ0v) is 12.0. The van der Waals surface area contributed by atoms with Crippen molar-refractivity contribution < 1.29 is 4.79 Å². The quantitative estimate of drug-likeness (QED) is 0.879. The van der Waals surface area contributed by atoms with Crippen molar-refractivity contribution in [3.63, 3.8) is 0 Å². The standard InChI is InChI=1S/C15H23N3O/c1-15(2,3)18-12-8-9-16-13(10-12)14(19)17-11-6-4-5-7-11/h8-11H,4-7H2,1-3H3,(H,16,18)(H,17,19). The normalized spacial score (nSPS) is 16.4. The van der Waals surface area contributed by atoms with Gasteiger partial charge in [0.1, 0.15) is 5.69 Å². The summed E-state index contributed by atoms with van der Waals surface area (Å²) in [7, 11) is 0. The van der Waals surface area contributed by atoms with E-state index in [0.29, 0.717) is 11.7 Å². The van der Waals surface area contributed by atoms with Gasteiger partial charge in [-0.05, 0) is 45.7 Å². The average Bonchev–Trinajstić information content (AvgIpc) is 2.80. The van der Waals surface area contributed by atoms with Gasteiger partial charge in [-0.3, -0.25) is 9.78 Å². The molecule has 2 rings (SSSR count). The average molecular weight is 261 g/mol. The maximum Gasteiger partial charge on any atom is 0.270 e. The minimum Gasteiger partial charge on any atom is -0.380 e. The Kier molecular flexibility index (Phi) is 4.08. The summed E-state index contributed by atoms with van der Waals surface area (Å²) in [5.74, 6) is -0.0653. The molecule has 1 amide bonds. The monoisotopic (exact) mass is 261 g/mol. The van der Waals surface area contributed by atoms with Gasteiger partial charge in [-0.1, -0.05) is 12.8 Å². The fourth-order valence-electron chi connectivity index (χ4n) is 2.39. The van der Waals surface area contributed by atoms with Gasteiger partial charge < -0.3 is 10.6 Å². The van der Waals surface area contributed by atoms with Crippen LogP contribution in [0, 0.1) is 0 Å². The number of rotatable bonds is 3. The Morgan fingerprint density at radius 3 is 2.63 bits per heavy atom. The third kappa shape index (κ3) is 4.23. The first-order chi connectivity index (χ1) is 8.94. The highest BCUT2D eigenvalue weighted by Gasteiger charge is 2.19. The zero-order valence-electron chi connectivity index (χ0n) is 12.0. The highest BCUT2D eigenvalue weighted by Crippen LogP contribution is 2.19. The number of pyridine rings is 1.